The summed E-state index contributed by atoms with van der Waals surface area (Å²) in [6, 6.07) is 10.7. The molecule has 21 heavy (non-hydrogen) atoms. The number of nitrogens with zero attached hydrogens (tertiary/aromatic N) is 1. The molecule has 4 heteroatoms. The van der Waals surface area contributed by atoms with Crippen molar-refractivity contribution in [2.45, 2.75) is 49.7 Å². The molecule has 1 aromatic rings. The van der Waals surface area contributed by atoms with Crippen LogP contribution in [0.1, 0.15) is 37.7 Å². The summed E-state index contributed by atoms with van der Waals surface area (Å²) in [7, 11) is 2.10. The quantitative estimate of drug-likeness (QED) is 0.770. The van der Waals surface area contributed by atoms with Gasteiger partial charge in [-0.15, -0.1) is 0 Å². The maximum Gasteiger partial charge on any atom is 0.328 e. The molecule has 2 fully saturated rings. The predicted molar refractivity (Wildman–Crippen MR) is 82.2 cm³/mol. The Morgan fingerprint density at radius 2 is 1.95 bits per heavy atom. The van der Waals surface area contributed by atoms with Crippen molar-refractivity contribution in [3.63, 3.8) is 0 Å². The molecule has 0 amide bonds. The summed E-state index contributed by atoms with van der Waals surface area (Å²) >= 11 is 0. The van der Waals surface area contributed by atoms with Crippen LogP contribution >= 0.6 is 0 Å². The minimum Gasteiger partial charge on any atom is -0.480 e. The smallest absolute Gasteiger partial charge is 0.328 e. The van der Waals surface area contributed by atoms with E-state index in [1.807, 2.05) is 30.3 Å². The molecule has 0 bridgehead atoms. The van der Waals surface area contributed by atoms with Crippen LogP contribution in [-0.2, 0) is 10.3 Å². The van der Waals surface area contributed by atoms with Crippen molar-refractivity contribution in [1.82, 2.24) is 10.2 Å². The standard InChI is InChI=1S/C17H24N2O2/c1-19(15-9-10-15)12-11-17(16(20)21,18-14-7-8-14)13-5-3-2-4-6-13/h2-6,14-15,18H,7-12H2,1H3,(H,20,21). The van der Waals surface area contributed by atoms with E-state index in [9.17, 15) is 9.90 Å². The minimum absolute atomic E-state index is 0.354. The highest BCUT2D eigenvalue weighted by Crippen LogP contribution is 2.33. The molecule has 3 rings (SSSR count). The third kappa shape index (κ3) is 3.27. The number of benzene rings is 1. The van der Waals surface area contributed by atoms with Crippen LogP contribution < -0.4 is 5.32 Å². The second-order valence-electron chi connectivity index (χ2n) is 6.46. The van der Waals surface area contributed by atoms with Gasteiger partial charge < -0.3 is 10.0 Å². The number of nitrogens with one attached hydrogen (secondary N) is 1. The minimum atomic E-state index is -0.953. The molecule has 0 aromatic heterocycles. The molecular weight excluding hydrogens is 264 g/mol. The summed E-state index contributed by atoms with van der Waals surface area (Å²) in [5.41, 5.74) is -0.0837. The first kappa shape index (κ1) is 14.5. The molecular formula is C17H24N2O2. The van der Waals surface area contributed by atoms with Crippen LogP contribution in [0.25, 0.3) is 0 Å². The molecule has 1 unspecified atom stereocenters. The molecule has 2 aliphatic rings. The highest BCUT2D eigenvalue weighted by Gasteiger charge is 2.44. The zero-order chi connectivity index (χ0) is 14.9. The van der Waals surface area contributed by atoms with E-state index in [0.29, 0.717) is 18.5 Å². The van der Waals surface area contributed by atoms with Crippen LogP contribution in [0.3, 0.4) is 0 Å². The number of rotatable bonds is 8. The van der Waals surface area contributed by atoms with Gasteiger partial charge in [0.15, 0.2) is 0 Å². The highest BCUT2D eigenvalue weighted by molar-refractivity contribution is 5.81. The Balaban J connectivity index is 1.81. The molecule has 2 aliphatic carbocycles. The summed E-state index contributed by atoms with van der Waals surface area (Å²) in [5.74, 6) is -0.759. The second kappa shape index (κ2) is 5.78. The maximum absolute atomic E-state index is 12.1. The van der Waals surface area contributed by atoms with E-state index < -0.39 is 11.5 Å². The van der Waals surface area contributed by atoms with Crippen LogP contribution in [0.15, 0.2) is 30.3 Å². The Bertz CT molecular complexity index is 497. The summed E-state index contributed by atoms with van der Waals surface area (Å²) < 4.78 is 0. The van der Waals surface area contributed by atoms with Gasteiger partial charge in [-0.25, -0.2) is 4.79 Å². The Morgan fingerprint density at radius 3 is 2.48 bits per heavy atom. The van der Waals surface area contributed by atoms with Crippen molar-refractivity contribution in [3.05, 3.63) is 35.9 Å². The van der Waals surface area contributed by atoms with Crippen molar-refractivity contribution < 1.29 is 9.90 Å². The first-order chi connectivity index (χ1) is 10.1. The number of carboxylic acid groups (broad SMARTS) is 1. The molecule has 1 atom stereocenters. The van der Waals surface area contributed by atoms with Gasteiger partial charge in [-0.1, -0.05) is 30.3 Å². The van der Waals surface area contributed by atoms with Crippen molar-refractivity contribution in [2.75, 3.05) is 13.6 Å². The lowest BCUT2D eigenvalue weighted by Gasteiger charge is -2.33. The van der Waals surface area contributed by atoms with E-state index in [2.05, 4.69) is 17.3 Å². The molecule has 0 spiro atoms. The summed E-state index contributed by atoms with van der Waals surface area (Å²) in [4.78, 5) is 14.4. The van der Waals surface area contributed by atoms with Gasteiger partial charge >= 0.3 is 5.97 Å². The topological polar surface area (TPSA) is 52.6 Å². The van der Waals surface area contributed by atoms with Gasteiger partial charge in [0, 0.05) is 18.6 Å². The fraction of sp³-hybridized carbons (Fsp3) is 0.588. The van der Waals surface area contributed by atoms with E-state index in [1.54, 1.807) is 0 Å². The Hall–Kier alpha value is -1.39. The van der Waals surface area contributed by atoms with Crippen LogP contribution in [0.2, 0.25) is 0 Å². The van der Waals surface area contributed by atoms with Crippen molar-refractivity contribution >= 4 is 5.97 Å². The van der Waals surface area contributed by atoms with E-state index in [1.165, 1.54) is 12.8 Å². The average molecular weight is 288 g/mol. The molecule has 2 saturated carbocycles. The van der Waals surface area contributed by atoms with Gasteiger partial charge in [0.25, 0.3) is 0 Å². The molecule has 114 valence electrons. The van der Waals surface area contributed by atoms with E-state index in [-0.39, 0.29) is 0 Å². The summed E-state index contributed by atoms with van der Waals surface area (Å²) in [6.07, 6.45) is 5.27. The first-order valence-electron chi connectivity index (χ1n) is 7.89. The normalized spacial score (nSPS) is 21.2. The van der Waals surface area contributed by atoms with Crippen LogP contribution in [-0.4, -0.2) is 41.7 Å². The van der Waals surface area contributed by atoms with Gasteiger partial charge in [0.1, 0.15) is 5.54 Å². The van der Waals surface area contributed by atoms with Gasteiger partial charge in [0.05, 0.1) is 0 Å². The Labute approximate surface area is 126 Å². The lowest BCUT2D eigenvalue weighted by Crippen LogP contribution is -2.52. The Morgan fingerprint density at radius 1 is 1.29 bits per heavy atom. The van der Waals surface area contributed by atoms with Gasteiger partial charge in [-0.2, -0.15) is 0 Å². The largest absolute Gasteiger partial charge is 0.480 e. The van der Waals surface area contributed by atoms with Crippen molar-refractivity contribution in [2.24, 2.45) is 0 Å². The molecule has 2 N–H and O–H groups in total. The molecule has 0 saturated heterocycles. The zero-order valence-corrected chi connectivity index (χ0v) is 12.6. The van der Waals surface area contributed by atoms with Gasteiger partial charge in [-0.3, -0.25) is 5.32 Å². The number of carbonyl (C=O) groups is 1. The highest BCUT2D eigenvalue weighted by atomic mass is 16.4. The van der Waals surface area contributed by atoms with Crippen molar-refractivity contribution in [1.29, 1.82) is 0 Å². The maximum atomic E-state index is 12.1. The number of aliphatic carboxylic acids is 1. The van der Waals surface area contributed by atoms with E-state index in [0.717, 1.165) is 24.9 Å². The third-order valence-corrected chi connectivity index (χ3v) is 4.67. The third-order valence-electron chi connectivity index (χ3n) is 4.67. The van der Waals surface area contributed by atoms with Gasteiger partial charge in [0.2, 0.25) is 0 Å². The second-order valence-corrected chi connectivity index (χ2v) is 6.46. The number of hydrogen-bond acceptors (Lipinski definition) is 3. The molecule has 1 aromatic carbocycles. The van der Waals surface area contributed by atoms with Crippen LogP contribution in [0, 0.1) is 0 Å². The van der Waals surface area contributed by atoms with E-state index in [4.69, 9.17) is 0 Å². The molecule has 0 aliphatic heterocycles. The molecule has 0 heterocycles. The Kier molecular flexibility index (Phi) is 4.00. The van der Waals surface area contributed by atoms with Gasteiger partial charge in [-0.05, 0) is 44.7 Å². The van der Waals surface area contributed by atoms with E-state index >= 15 is 0 Å². The predicted octanol–water partition coefficient (Wildman–Crippen LogP) is 2.20. The fourth-order valence-corrected chi connectivity index (χ4v) is 2.93. The zero-order valence-electron chi connectivity index (χ0n) is 12.6. The lowest BCUT2D eigenvalue weighted by molar-refractivity contribution is -0.146. The average Bonchev–Trinajstić information content (AvgIpc) is 3.38. The summed E-state index contributed by atoms with van der Waals surface area (Å²) in [6.45, 7) is 0.811. The SMILES string of the molecule is CN(CCC(NC1CC1)(C(=O)O)c1ccccc1)C1CC1. The molecule has 0 radical (unpaired) electrons. The van der Waals surface area contributed by atoms with Crippen LogP contribution in [0.5, 0.6) is 0 Å². The van der Waals surface area contributed by atoms with Crippen molar-refractivity contribution in [3.8, 4) is 0 Å². The van der Waals surface area contributed by atoms with Crippen LogP contribution in [0.4, 0.5) is 0 Å². The monoisotopic (exact) mass is 288 g/mol. The number of hydrogen-bond donors (Lipinski definition) is 2. The fourth-order valence-electron chi connectivity index (χ4n) is 2.93. The lowest BCUT2D eigenvalue weighted by atomic mass is 9.86. The molecule has 4 nitrogen and oxygen atoms in total. The summed E-state index contributed by atoms with van der Waals surface area (Å²) in [5, 5.41) is 13.3. The number of carboxylic acids is 1. The first-order valence-corrected chi connectivity index (χ1v) is 7.89.